The molecule has 2 fully saturated rings. The number of nitrogens with one attached hydrogen (secondary N) is 1. The smallest absolute Gasteiger partial charge is 0.245 e. The lowest BCUT2D eigenvalue weighted by Crippen LogP contribution is -2.54. The number of aromatic nitrogens is 1. The molecule has 4 heterocycles. The Balaban J connectivity index is 1.42. The summed E-state index contributed by atoms with van der Waals surface area (Å²) in [6, 6.07) is 1.93. The number of carbonyl (C=O) groups is 2. The van der Waals surface area contributed by atoms with E-state index >= 15 is 0 Å². The van der Waals surface area contributed by atoms with Crippen LogP contribution in [-0.2, 0) is 37.2 Å². The fourth-order valence-corrected chi connectivity index (χ4v) is 7.03. The first-order valence-electron chi connectivity index (χ1n) is 10.6. The minimum absolute atomic E-state index is 0.136. The molecule has 13 heteroatoms. The SMILES string of the molecule is O=C([C@@H](Cc1cscn1)N1CC[C@H](NS(=O)(=O)CCc2ccc(Cl)s2)C1=O)N1CCOCC1. The molecule has 2 aromatic rings. The van der Waals surface area contributed by atoms with Crippen molar-refractivity contribution in [3.8, 4) is 0 Å². The molecule has 0 spiro atoms. The van der Waals surface area contributed by atoms with Gasteiger partial charge >= 0.3 is 0 Å². The van der Waals surface area contributed by atoms with Gasteiger partial charge < -0.3 is 14.5 Å². The van der Waals surface area contributed by atoms with E-state index in [4.69, 9.17) is 16.3 Å². The quantitative estimate of drug-likeness (QED) is 0.523. The fourth-order valence-electron chi connectivity index (χ4n) is 3.98. The average molecular weight is 533 g/mol. The maximum Gasteiger partial charge on any atom is 0.245 e. The van der Waals surface area contributed by atoms with E-state index in [2.05, 4.69) is 9.71 Å². The van der Waals surface area contributed by atoms with Crippen LogP contribution in [0.5, 0.6) is 0 Å². The van der Waals surface area contributed by atoms with Crippen molar-refractivity contribution in [3.63, 3.8) is 0 Å². The number of thiazole rings is 1. The number of carbonyl (C=O) groups excluding carboxylic acids is 2. The molecule has 0 aliphatic carbocycles. The second-order valence-corrected chi connectivity index (χ2v) is 12.3. The normalized spacial score (nSPS) is 20.4. The van der Waals surface area contributed by atoms with Gasteiger partial charge in [-0.1, -0.05) is 11.6 Å². The van der Waals surface area contributed by atoms with Gasteiger partial charge in [0.1, 0.15) is 12.1 Å². The highest BCUT2D eigenvalue weighted by molar-refractivity contribution is 7.89. The van der Waals surface area contributed by atoms with Crippen molar-refractivity contribution in [1.29, 1.82) is 0 Å². The summed E-state index contributed by atoms with van der Waals surface area (Å²) in [5.41, 5.74) is 2.42. The number of ether oxygens (including phenoxy) is 1. The highest BCUT2D eigenvalue weighted by Gasteiger charge is 2.42. The van der Waals surface area contributed by atoms with Crippen LogP contribution in [0.2, 0.25) is 4.34 Å². The summed E-state index contributed by atoms with van der Waals surface area (Å²) in [5.74, 6) is -0.667. The van der Waals surface area contributed by atoms with E-state index in [9.17, 15) is 18.0 Å². The van der Waals surface area contributed by atoms with Crippen LogP contribution >= 0.6 is 34.3 Å². The highest BCUT2D eigenvalue weighted by atomic mass is 35.5. The maximum atomic E-state index is 13.3. The molecular weight excluding hydrogens is 508 g/mol. The largest absolute Gasteiger partial charge is 0.378 e. The summed E-state index contributed by atoms with van der Waals surface area (Å²) in [4.78, 5) is 34.9. The number of nitrogens with zero attached hydrogens (tertiary/aromatic N) is 3. The van der Waals surface area contributed by atoms with Gasteiger partial charge in [-0.2, -0.15) is 0 Å². The number of amides is 2. The Hall–Kier alpha value is -1.57. The number of hydrogen-bond acceptors (Lipinski definition) is 8. The number of likely N-dealkylation sites (tertiary alicyclic amines) is 1. The molecule has 0 bridgehead atoms. The molecule has 0 radical (unpaired) electrons. The van der Waals surface area contributed by atoms with E-state index < -0.39 is 22.1 Å². The van der Waals surface area contributed by atoms with Crippen molar-refractivity contribution < 1.29 is 22.7 Å². The van der Waals surface area contributed by atoms with Crippen LogP contribution in [0.1, 0.15) is 17.0 Å². The third-order valence-electron chi connectivity index (χ3n) is 5.68. The Labute approximate surface area is 205 Å². The Bertz CT molecular complexity index is 1070. The molecule has 2 aromatic heterocycles. The minimum Gasteiger partial charge on any atom is -0.378 e. The number of thiophene rings is 1. The number of hydrogen-bond donors (Lipinski definition) is 1. The van der Waals surface area contributed by atoms with Gasteiger partial charge in [0.15, 0.2) is 0 Å². The zero-order chi connectivity index (χ0) is 23.4. The minimum atomic E-state index is -3.68. The Morgan fingerprint density at radius 2 is 2.09 bits per heavy atom. The van der Waals surface area contributed by atoms with Crippen molar-refractivity contribution in [3.05, 3.63) is 37.9 Å². The van der Waals surface area contributed by atoms with Gasteiger partial charge in [-0.15, -0.1) is 22.7 Å². The lowest BCUT2D eigenvalue weighted by Gasteiger charge is -2.34. The van der Waals surface area contributed by atoms with Gasteiger partial charge in [0.25, 0.3) is 0 Å². The molecule has 4 rings (SSSR count). The van der Waals surface area contributed by atoms with Crippen molar-refractivity contribution in [2.75, 3.05) is 38.6 Å². The van der Waals surface area contributed by atoms with Crippen LogP contribution in [0.4, 0.5) is 0 Å². The molecule has 2 amide bonds. The number of sulfonamides is 1. The second-order valence-electron chi connectivity index (χ2n) is 7.90. The van der Waals surface area contributed by atoms with Gasteiger partial charge in [0, 0.05) is 36.3 Å². The summed E-state index contributed by atoms with van der Waals surface area (Å²) in [5, 5.41) is 1.86. The van der Waals surface area contributed by atoms with Crippen LogP contribution in [0.25, 0.3) is 0 Å². The third kappa shape index (κ3) is 6.31. The number of rotatable bonds is 9. The summed E-state index contributed by atoms with van der Waals surface area (Å²) in [6.07, 6.45) is 0.927. The van der Waals surface area contributed by atoms with Gasteiger partial charge in [-0.05, 0) is 25.0 Å². The van der Waals surface area contributed by atoms with Crippen LogP contribution in [0.15, 0.2) is 23.0 Å². The molecule has 1 N–H and O–H groups in total. The van der Waals surface area contributed by atoms with E-state index in [0.29, 0.717) is 56.4 Å². The summed E-state index contributed by atoms with van der Waals surface area (Å²) in [6.45, 7) is 2.16. The average Bonchev–Trinajstić information content (AvgIpc) is 3.54. The third-order valence-corrected chi connectivity index (χ3v) is 8.99. The first-order chi connectivity index (χ1) is 15.8. The molecule has 0 unspecified atom stereocenters. The van der Waals surface area contributed by atoms with Crippen LogP contribution in [0.3, 0.4) is 0 Å². The lowest BCUT2D eigenvalue weighted by atomic mass is 10.1. The number of aryl methyl sites for hydroxylation is 1. The Morgan fingerprint density at radius 3 is 2.76 bits per heavy atom. The van der Waals surface area contributed by atoms with Gasteiger partial charge in [0.2, 0.25) is 21.8 Å². The number of halogens is 1. The van der Waals surface area contributed by atoms with Crippen molar-refractivity contribution in [2.24, 2.45) is 0 Å². The van der Waals surface area contributed by atoms with E-state index in [1.165, 1.54) is 27.6 Å². The molecule has 2 aliphatic rings. The Kier molecular flexibility index (Phi) is 8.03. The monoisotopic (exact) mass is 532 g/mol. The molecule has 0 aromatic carbocycles. The van der Waals surface area contributed by atoms with Crippen molar-refractivity contribution >= 4 is 56.1 Å². The van der Waals surface area contributed by atoms with Crippen molar-refractivity contribution in [1.82, 2.24) is 19.5 Å². The van der Waals surface area contributed by atoms with E-state index in [-0.39, 0.29) is 17.6 Å². The van der Waals surface area contributed by atoms with E-state index in [1.807, 2.05) is 5.38 Å². The molecule has 2 saturated heterocycles. The maximum absolute atomic E-state index is 13.3. The summed E-state index contributed by atoms with van der Waals surface area (Å²) >= 11 is 8.67. The second kappa shape index (κ2) is 10.8. The predicted octanol–water partition coefficient (Wildman–Crippen LogP) is 1.39. The number of morpholine rings is 1. The highest BCUT2D eigenvalue weighted by Crippen LogP contribution is 2.23. The van der Waals surface area contributed by atoms with Crippen LogP contribution in [0, 0.1) is 0 Å². The topological polar surface area (TPSA) is 109 Å². The van der Waals surface area contributed by atoms with E-state index in [0.717, 1.165) is 10.6 Å². The van der Waals surface area contributed by atoms with Crippen LogP contribution in [-0.4, -0.2) is 85.7 Å². The fraction of sp³-hybridized carbons (Fsp3) is 0.550. The Morgan fingerprint density at radius 1 is 1.30 bits per heavy atom. The molecule has 0 saturated carbocycles. The van der Waals surface area contributed by atoms with Crippen LogP contribution < -0.4 is 4.72 Å². The zero-order valence-corrected chi connectivity index (χ0v) is 21.0. The first-order valence-corrected chi connectivity index (χ1v) is 14.4. The summed E-state index contributed by atoms with van der Waals surface area (Å²) in [7, 11) is -3.68. The predicted molar refractivity (Wildman–Crippen MR) is 127 cm³/mol. The molecule has 180 valence electrons. The van der Waals surface area contributed by atoms with Gasteiger partial charge in [-0.3, -0.25) is 9.59 Å². The molecule has 2 aliphatic heterocycles. The summed E-state index contributed by atoms with van der Waals surface area (Å²) < 4.78 is 33.7. The molecule has 2 atom stereocenters. The first kappa shape index (κ1) is 24.6. The molecular formula is C20H25ClN4O5S3. The van der Waals surface area contributed by atoms with E-state index in [1.54, 1.807) is 22.5 Å². The zero-order valence-electron chi connectivity index (χ0n) is 17.8. The van der Waals surface area contributed by atoms with Gasteiger partial charge in [-0.25, -0.2) is 18.1 Å². The van der Waals surface area contributed by atoms with Gasteiger partial charge in [0.05, 0.1) is 34.5 Å². The standard InChI is InChI=1S/C20H25ClN4O5S3/c21-18-2-1-15(32-18)4-10-33(28,29)23-16-3-5-25(19(16)26)17(11-14-12-31-13-22-14)20(27)24-6-8-30-9-7-24/h1-2,12-13,16-17,23H,3-11H2/t16-,17+/m0/s1. The molecule has 33 heavy (non-hydrogen) atoms. The lowest BCUT2D eigenvalue weighted by molar-refractivity contribution is -0.146. The molecule has 9 nitrogen and oxygen atoms in total. The van der Waals surface area contributed by atoms with Crippen molar-refractivity contribution in [2.45, 2.75) is 31.3 Å².